The third-order valence-corrected chi connectivity index (χ3v) is 4.24. The van der Waals surface area contributed by atoms with Gasteiger partial charge >= 0.3 is 0 Å². The number of rotatable bonds is 7. The van der Waals surface area contributed by atoms with Crippen LogP contribution in [0.25, 0.3) is 0 Å². The highest BCUT2D eigenvalue weighted by Crippen LogP contribution is 2.23. The van der Waals surface area contributed by atoms with Crippen molar-refractivity contribution in [1.82, 2.24) is 4.90 Å². The fourth-order valence-corrected chi connectivity index (χ4v) is 3.15. The quantitative estimate of drug-likeness (QED) is 0.690. The van der Waals surface area contributed by atoms with Crippen molar-refractivity contribution >= 4 is 28.8 Å². The van der Waals surface area contributed by atoms with Gasteiger partial charge in [0.2, 0.25) is 0 Å². The number of thiophene rings is 1. The lowest BCUT2D eigenvalue weighted by molar-refractivity contribution is 0.0764. The predicted molar refractivity (Wildman–Crippen MR) is 91.9 cm³/mol. The number of carbonyl (C=O) groups is 1. The third-order valence-electron chi connectivity index (χ3n) is 3.02. The van der Waals surface area contributed by atoms with Crippen LogP contribution >= 0.6 is 22.9 Å². The number of nitrogens with zero attached hydrogens (tertiary/aromatic N) is 1. The molecule has 0 bridgehead atoms. The van der Waals surface area contributed by atoms with Crippen molar-refractivity contribution in [1.29, 1.82) is 0 Å². The average molecular weight is 336 g/mol. The molecule has 1 heterocycles. The Balaban J connectivity index is 2.12. The number of halogens is 1. The topological polar surface area (TPSA) is 29.5 Å². The Hall–Kier alpha value is -1.78. The lowest BCUT2D eigenvalue weighted by Gasteiger charge is -2.20. The van der Waals surface area contributed by atoms with E-state index in [-0.39, 0.29) is 5.91 Å². The monoisotopic (exact) mass is 335 g/mol. The van der Waals surface area contributed by atoms with Crippen molar-refractivity contribution in [2.75, 3.05) is 13.2 Å². The molecule has 0 atom stereocenters. The molecular formula is C17H18ClNO2S. The zero-order valence-corrected chi connectivity index (χ0v) is 14.0. The summed E-state index contributed by atoms with van der Waals surface area (Å²) in [6.45, 7) is 7.27. The summed E-state index contributed by atoms with van der Waals surface area (Å²) in [5, 5.41) is 0. The van der Waals surface area contributed by atoms with E-state index in [1.165, 1.54) is 11.3 Å². The Bertz CT molecular complexity index is 636. The van der Waals surface area contributed by atoms with Crippen LogP contribution in [-0.4, -0.2) is 24.0 Å². The fraction of sp³-hybridized carbons (Fsp3) is 0.235. The summed E-state index contributed by atoms with van der Waals surface area (Å²) in [7, 11) is 0. The van der Waals surface area contributed by atoms with Crippen LogP contribution in [-0.2, 0) is 6.54 Å². The molecule has 3 nitrogen and oxygen atoms in total. The van der Waals surface area contributed by atoms with Gasteiger partial charge in [0.1, 0.15) is 5.75 Å². The minimum atomic E-state index is -0.0347. The van der Waals surface area contributed by atoms with Gasteiger partial charge in [-0.3, -0.25) is 4.79 Å². The highest BCUT2D eigenvalue weighted by Gasteiger charge is 2.16. The van der Waals surface area contributed by atoms with Crippen molar-refractivity contribution in [2.24, 2.45) is 0 Å². The molecule has 0 N–H and O–H groups in total. The fourth-order valence-electron chi connectivity index (χ4n) is 2.04. The number of hydrogen-bond acceptors (Lipinski definition) is 3. The molecule has 1 aromatic carbocycles. The molecule has 0 spiro atoms. The molecule has 0 radical (unpaired) electrons. The summed E-state index contributed by atoms with van der Waals surface area (Å²) in [5.41, 5.74) is 0.632. The first-order valence-corrected chi connectivity index (χ1v) is 8.20. The second-order valence-corrected chi connectivity index (χ2v) is 6.44. The number of amides is 1. The van der Waals surface area contributed by atoms with E-state index >= 15 is 0 Å². The van der Waals surface area contributed by atoms with Gasteiger partial charge in [-0.2, -0.15) is 0 Å². The predicted octanol–water partition coefficient (Wildman–Crippen LogP) is 4.63. The molecule has 22 heavy (non-hydrogen) atoms. The number of carbonyl (C=O) groups excluding carboxylic acids is 1. The summed E-state index contributed by atoms with van der Waals surface area (Å²) >= 11 is 7.43. The minimum Gasteiger partial charge on any atom is -0.494 e. The first-order valence-electron chi connectivity index (χ1n) is 7.01. The third kappa shape index (κ3) is 4.36. The van der Waals surface area contributed by atoms with E-state index in [1.807, 2.05) is 31.2 Å². The minimum absolute atomic E-state index is 0.0347. The summed E-state index contributed by atoms with van der Waals surface area (Å²) < 4.78 is 6.12. The van der Waals surface area contributed by atoms with E-state index in [0.29, 0.717) is 25.3 Å². The highest BCUT2D eigenvalue weighted by atomic mass is 35.5. The zero-order chi connectivity index (χ0) is 15.9. The SMILES string of the molecule is C=CCN(Cc1ccc(Cl)s1)C(=O)c1ccc(OCC)cc1. The van der Waals surface area contributed by atoms with E-state index in [1.54, 1.807) is 23.1 Å². The molecule has 2 aromatic rings. The molecular weight excluding hydrogens is 318 g/mol. The zero-order valence-electron chi connectivity index (χ0n) is 12.4. The molecule has 0 unspecified atom stereocenters. The van der Waals surface area contributed by atoms with Crippen molar-refractivity contribution < 1.29 is 9.53 Å². The van der Waals surface area contributed by atoms with Gasteiger partial charge in [-0.15, -0.1) is 17.9 Å². The first kappa shape index (κ1) is 16.6. The molecule has 2 rings (SSSR count). The summed E-state index contributed by atoms with van der Waals surface area (Å²) in [6.07, 6.45) is 1.72. The Kier molecular flexibility index (Phi) is 6.04. The lowest BCUT2D eigenvalue weighted by atomic mass is 10.2. The van der Waals surface area contributed by atoms with E-state index < -0.39 is 0 Å². The van der Waals surface area contributed by atoms with Gasteiger partial charge in [0, 0.05) is 17.0 Å². The van der Waals surface area contributed by atoms with Gasteiger partial charge in [-0.05, 0) is 43.3 Å². The normalized spacial score (nSPS) is 10.3. The van der Waals surface area contributed by atoms with E-state index in [9.17, 15) is 4.79 Å². The molecule has 0 fully saturated rings. The molecule has 5 heteroatoms. The number of hydrogen-bond donors (Lipinski definition) is 0. The first-order chi connectivity index (χ1) is 10.6. The van der Waals surface area contributed by atoms with Crippen LogP contribution in [0.5, 0.6) is 5.75 Å². The van der Waals surface area contributed by atoms with Crippen molar-refractivity contribution in [3.8, 4) is 5.75 Å². The van der Waals surface area contributed by atoms with Gasteiger partial charge in [0.15, 0.2) is 0 Å². The molecule has 0 aliphatic heterocycles. The van der Waals surface area contributed by atoms with Gasteiger partial charge in [0.05, 0.1) is 17.5 Å². The smallest absolute Gasteiger partial charge is 0.254 e. The standard InChI is InChI=1S/C17H18ClNO2S/c1-3-11-19(12-15-9-10-16(18)22-15)17(20)13-5-7-14(8-6-13)21-4-2/h3,5-10H,1,4,11-12H2,2H3. The van der Waals surface area contributed by atoms with E-state index in [2.05, 4.69) is 6.58 Å². The van der Waals surface area contributed by atoms with Gasteiger partial charge < -0.3 is 9.64 Å². The second kappa shape index (κ2) is 8.01. The van der Waals surface area contributed by atoms with Crippen LogP contribution in [0.2, 0.25) is 4.34 Å². The number of ether oxygens (including phenoxy) is 1. The van der Waals surface area contributed by atoms with Crippen LogP contribution in [0.4, 0.5) is 0 Å². The Labute approximate surface area is 139 Å². The van der Waals surface area contributed by atoms with Crippen LogP contribution in [0.1, 0.15) is 22.2 Å². The van der Waals surface area contributed by atoms with Crippen LogP contribution in [0.15, 0.2) is 49.1 Å². The summed E-state index contributed by atoms with van der Waals surface area (Å²) in [5.74, 6) is 0.729. The maximum Gasteiger partial charge on any atom is 0.254 e. The van der Waals surface area contributed by atoms with Gasteiger partial charge in [-0.1, -0.05) is 17.7 Å². The second-order valence-electron chi connectivity index (χ2n) is 4.64. The van der Waals surface area contributed by atoms with Crippen LogP contribution < -0.4 is 4.74 Å². The largest absolute Gasteiger partial charge is 0.494 e. The van der Waals surface area contributed by atoms with E-state index in [4.69, 9.17) is 16.3 Å². The average Bonchev–Trinajstić information content (AvgIpc) is 2.92. The Morgan fingerprint density at radius 2 is 2.05 bits per heavy atom. The molecule has 1 aromatic heterocycles. The van der Waals surface area contributed by atoms with Gasteiger partial charge in [0.25, 0.3) is 5.91 Å². The Morgan fingerprint density at radius 1 is 1.32 bits per heavy atom. The lowest BCUT2D eigenvalue weighted by Crippen LogP contribution is -2.30. The molecule has 1 amide bonds. The highest BCUT2D eigenvalue weighted by molar-refractivity contribution is 7.16. The maximum absolute atomic E-state index is 12.6. The van der Waals surface area contributed by atoms with Crippen molar-refractivity contribution in [3.63, 3.8) is 0 Å². The molecule has 116 valence electrons. The Morgan fingerprint density at radius 3 is 2.59 bits per heavy atom. The summed E-state index contributed by atoms with van der Waals surface area (Å²) in [4.78, 5) is 15.4. The van der Waals surface area contributed by atoms with Crippen LogP contribution in [0.3, 0.4) is 0 Å². The molecule has 0 aliphatic rings. The number of benzene rings is 1. The van der Waals surface area contributed by atoms with Crippen molar-refractivity contribution in [3.05, 3.63) is 63.8 Å². The van der Waals surface area contributed by atoms with Crippen molar-refractivity contribution in [2.45, 2.75) is 13.5 Å². The van der Waals surface area contributed by atoms with Gasteiger partial charge in [-0.25, -0.2) is 0 Å². The summed E-state index contributed by atoms with van der Waals surface area (Å²) in [6, 6.07) is 11.0. The van der Waals surface area contributed by atoms with E-state index in [0.717, 1.165) is 15.0 Å². The molecule has 0 saturated heterocycles. The molecule has 0 aliphatic carbocycles. The maximum atomic E-state index is 12.6. The van der Waals surface area contributed by atoms with Crippen LogP contribution in [0, 0.1) is 0 Å². The molecule has 0 saturated carbocycles.